The molecule has 1 aliphatic heterocycles. The molecule has 3 rings (SSSR count). The molecule has 0 spiro atoms. The zero-order chi connectivity index (χ0) is 21.1. The van der Waals surface area contributed by atoms with Gasteiger partial charge in [-0.05, 0) is 30.2 Å². The summed E-state index contributed by atoms with van der Waals surface area (Å²) >= 11 is 0. The number of alkyl halides is 3. The highest BCUT2D eigenvalue weighted by atomic mass is 32.2. The highest BCUT2D eigenvalue weighted by Gasteiger charge is 2.34. The van der Waals surface area contributed by atoms with Crippen molar-refractivity contribution in [1.29, 1.82) is 0 Å². The summed E-state index contributed by atoms with van der Waals surface area (Å²) in [6.45, 7) is 3.72. The minimum Gasteiger partial charge on any atom is -0.379 e. The summed E-state index contributed by atoms with van der Waals surface area (Å²) in [5.41, 5.74) is -0.0444. The average molecular weight is 428 g/mol. The number of morpholine rings is 1. The summed E-state index contributed by atoms with van der Waals surface area (Å²) in [4.78, 5) is 1.71. The highest BCUT2D eigenvalue weighted by molar-refractivity contribution is 7.89. The molecule has 0 bridgehead atoms. The molecule has 1 saturated heterocycles. The fraction of sp³-hybridized carbons (Fsp3) is 0.400. The lowest BCUT2D eigenvalue weighted by molar-refractivity contribution is -0.138. The van der Waals surface area contributed by atoms with Crippen LogP contribution in [0.3, 0.4) is 0 Å². The number of rotatable bonds is 6. The van der Waals surface area contributed by atoms with Crippen LogP contribution in [0, 0.1) is 6.92 Å². The third kappa shape index (κ3) is 5.36. The molecule has 1 heterocycles. The molecule has 158 valence electrons. The quantitative estimate of drug-likeness (QED) is 0.767. The maximum Gasteiger partial charge on any atom is 0.416 e. The molecule has 29 heavy (non-hydrogen) atoms. The van der Waals surface area contributed by atoms with Crippen LogP contribution in [0.5, 0.6) is 0 Å². The Morgan fingerprint density at radius 3 is 2.38 bits per heavy atom. The van der Waals surface area contributed by atoms with Crippen molar-refractivity contribution in [2.75, 3.05) is 32.8 Å². The molecule has 0 radical (unpaired) electrons. The number of ether oxygens (including phenoxy) is 1. The van der Waals surface area contributed by atoms with Crippen molar-refractivity contribution in [2.45, 2.75) is 24.0 Å². The third-order valence-electron chi connectivity index (χ3n) is 4.96. The minimum atomic E-state index is -4.62. The van der Waals surface area contributed by atoms with Gasteiger partial charge in [-0.3, -0.25) is 4.90 Å². The second-order valence-corrected chi connectivity index (χ2v) is 8.67. The van der Waals surface area contributed by atoms with Gasteiger partial charge < -0.3 is 4.74 Å². The Hall–Kier alpha value is -1.94. The molecule has 0 amide bonds. The van der Waals surface area contributed by atoms with Crippen LogP contribution in [0.4, 0.5) is 13.2 Å². The minimum absolute atomic E-state index is 0.0214. The average Bonchev–Trinajstić information content (AvgIpc) is 2.69. The van der Waals surface area contributed by atoms with Crippen LogP contribution < -0.4 is 4.72 Å². The van der Waals surface area contributed by atoms with E-state index in [-0.39, 0.29) is 18.2 Å². The van der Waals surface area contributed by atoms with E-state index in [4.69, 9.17) is 4.74 Å². The fourth-order valence-corrected chi connectivity index (χ4v) is 4.43. The Bertz CT molecular complexity index is 928. The van der Waals surface area contributed by atoms with Crippen LogP contribution in [-0.4, -0.2) is 46.2 Å². The first-order valence-corrected chi connectivity index (χ1v) is 10.7. The summed E-state index contributed by atoms with van der Waals surface area (Å²) in [6.07, 6.45) is -4.62. The zero-order valence-electron chi connectivity index (χ0n) is 15.9. The molecule has 2 aromatic rings. The molecule has 1 fully saturated rings. The van der Waals surface area contributed by atoms with E-state index in [9.17, 15) is 21.6 Å². The topological polar surface area (TPSA) is 58.6 Å². The number of sulfonamides is 1. The highest BCUT2D eigenvalue weighted by Crippen LogP contribution is 2.33. The van der Waals surface area contributed by atoms with Gasteiger partial charge in [0.05, 0.1) is 23.7 Å². The van der Waals surface area contributed by atoms with Gasteiger partial charge in [-0.25, -0.2) is 13.1 Å². The predicted molar refractivity (Wildman–Crippen MR) is 103 cm³/mol. The molecule has 0 saturated carbocycles. The zero-order valence-corrected chi connectivity index (χ0v) is 16.8. The van der Waals surface area contributed by atoms with Crippen LogP contribution >= 0.6 is 0 Å². The van der Waals surface area contributed by atoms with Crippen LogP contribution in [0.25, 0.3) is 0 Å². The number of hydrogen-bond acceptors (Lipinski definition) is 4. The van der Waals surface area contributed by atoms with Crippen molar-refractivity contribution in [3.63, 3.8) is 0 Å². The number of hydrogen-bond donors (Lipinski definition) is 1. The first-order chi connectivity index (χ1) is 13.7. The maximum absolute atomic E-state index is 13.2. The van der Waals surface area contributed by atoms with Crippen molar-refractivity contribution >= 4 is 10.0 Å². The van der Waals surface area contributed by atoms with E-state index in [0.29, 0.717) is 32.4 Å². The number of benzene rings is 2. The lowest BCUT2D eigenvalue weighted by Crippen LogP contribution is -2.43. The molecule has 0 aliphatic carbocycles. The van der Waals surface area contributed by atoms with Gasteiger partial charge in [-0.1, -0.05) is 36.4 Å². The fourth-order valence-electron chi connectivity index (χ4n) is 3.37. The largest absolute Gasteiger partial charge is 0.416 e. The molecular weight excluding hydrogens is 405 g/mol. The number of aryl methyl sites for hydroxylation is 1. The molecule has 1 atom stereocenters. The van der Waals surface area contributed by atoms with Crippen molar-refractivity contribution in [2.24, 2.45) is 0 Å². The molecule has 0 aromatic heterocycles. The molecule has 1 N–H and O–H groups in total. The summed E-state index contributed by atoms with van der Waals surface area (Å²) in [6, 6.07) is 12.2. The normalized spacial score (nSPS) is 17.2. The van der Waals surface area contributed by atoms with Crippen LogP contribution in [0.1, 0.15) is 22.7 Å². The number of nitrogens with one attached hydrogen (secondary N) is 1. The summed E-state index contributed by atoms with van der Waals surface area (Å²) < 4.78 is 72.8. The van der Waals surface area contributed by atoms with Crippen molar-refractivity contribution in [3.8, 4) is 0 Å². The molecule has 2 aromatic carbocycles. The predicted octanol–water partition coefficient (Wildman–Crippen LogP) is 3.37. The Morgan fingerprint density at radius 2 is 1.76 bits per heavy atom. The smallest absolute Gasteiger partial charge is 0.379 e. The van der Waals surface area contributed by atoms with E-state index in [1.807, 2.05) is 30.3 Å². The van der Waals surface area contributed by atoms with E-state index in [2.05, 4.69) is 9.62 Å². The number of halogens is 3. The lowest BCUT2D eigenvalue weighted by atomic mass is 10.1. The molecule has 1 aliphatic rings. The van der Waals surface area contributed by atoms with Gasteiger partial charge in [0.15, 0.2) is 0 Å². The second-order valence-electron chi connectivity index (χ2n) is 6.90. The third-order valence-corrected chi connectivity index (χ3v) is 6.38. The Morgan fingerprint density at radius 1 is 1.10 bits per heavy atom. The first-order valence-electron chi connectivity index (χ1n) is 9.23. The summed E-state index contributed by atoms with van der Waals surface area (Å²) in [5, 5.41) is 0. The monoisotopic (exact) mass is 428 g/mol. The second kappa shape index (κ2) is 8.83. The van der Waals surface area contributed by atoms with Crippen molar-refractivity contribution in [1.82, 2.24) is 9.62 Å². The van der Waals surface area contributed by atoms with Gasteiger partial charge in [-0.15, -0.1) is 0 Å². The molecule has 5 nitrogen and oxygen atoms in total. The lowest BCUT2D eigenvalue weighted by Gasteiger charge is -2.34. The summed E-state index contributed by atoms with van der Waals surface area (Å²) in [7, 11) is -4.11. The van der Waals surface area contributed by atoms with Gasteiger partial charge in [0.2, 0.25) is 10.0 Å². The van der Waals surface area contributed by atoms with Crippen LogP contribution in [-0.2, 0) is 20.9 Å². The van der Waals surface area contributed by atoms with Crippen molar-refractivity contribution in [3.05, 3.63) is 65.2 Å². The van der Waals surface area contributed by atoms with Gasteiger partial charge in [0.25, 0.3) is 0 Å². The van der Waals surface area contributed by atoms with E-state index in [1.54, 1.807) is 0 Å². The van der Waals surface area contributed by atoms with Gasteiger partial charge in [0, 0.05) is 25.7 Å². The van der Waals surface area contributed by atoms with Crippen molar-refractivity contribution < 1.29 is 26.3 Å². The summed E-state index contributed by atoms with van der Waals surface area (Å²) in [5.74, 6) is 0. The van der Waals surface area contributed by atoms with Gasteiger partial charge in [0.1, 0.15) is 0 Å². The van der Waals surface area contributed by atoms with Crippen LogP contribution in [0.2, 0.25) is 0 Å². The standard InChI is InChI=1S/C20H23F3N2O3S/c1-15-7-8-17(13-18(15)20(21,22)23)29(26,27)24-14-19(16-5-3-2-4-6-16)25-9-11-28-12-10-25/h2-8,13,19,24H,9-12,14H2,1H3. The van der Waals surface area contributed by atoms with Gasteiger partial charge >= 0.3 is 6.18 Å². The number of nitrogens with zero attached hydrogens (tertiary/aromatic N) is 1. The van der Waals surface area contributed by atoms with Crippen LogP contribution in [0.15, 0.2) is 53.4 Å². The molecule has 9 heteroatoms. The van der Waals surface area contributed by atoms with E-state index < -0.39 is 26.7 Å². The SMILES string of the molecule is Cc1ccc(S(=O)(=O)NCC(c2ccccc2)N2CCOCC2)cc1C(F)(F)F. The van der Waals surface area contributed by atoms with E-state index in [1.165, 1.54) is 19.1 Å². The van der Waals surface area contributed by atoms with E-state index in [0.717, 1.165) is 5.56 Å². The van der Waals surface area contributed by atoms with Gasteiger partial charge in [-0.2, -0.15) is 13.2 Å². The molecule has 1 unspecified atom stereocenters. The first kappa shape index (κ1) is 21.8. The Kier molecular flexibility index (Phi) is 6.62. The van der Waals surface area contributed by atoms with E-state index >= 15 is 0 Å². The maximum atomic E-state index is 13.2. The molecular formula is C20H23F3N2O3S. The Balaban J connectivity index is 1.83. The Labute approximate surface area is 168 Å².